The van der Waals surface area contributed by atoms with Gasteiger partial charge in [0.05, 0.1) is 15.5 Å². The molecular formula is C70H46N2O13S2. The number of nitrogens with zero attached hydrogens (tertiary/aromatic N) is 2. The Balaban J connectivity index is 0.959. The van der Waals surface area contributed by atoms with E-state index >= 15 is 19.2 Å². The van der Waals surface area contributed by atoms with E-state index in [4.69, 9.17) is 33.4 Å². The van der Waals surface area contributed by atoms with Gasteiger partial charge in [-0.05, 0) is 27.8 Å². The maximum atomic E-state index is 15.5. The standard InChI is InChI=1S/C70H46N2O13S2/c73-60-47-26-14-13-25-44(47)33-54(60)71-57-34-55-63(86-57)50-29-45-32-53-51(30-46(45)31-52(50)69(84-55,65(76)80-36-40-17-5-1-6-18-40)66(77)81-37-41-19-7-2-8-20-41)64-56(35-58(87-64)72-59-61(74)48-27-15-16-28-49(48)62(59)75)85-70(53,67(78)82-38-42-21-9-3-10-22-42)68(79)83-39-43-23-11-4-12-24-43/h1-32,34-35,45-46H,33,36-39H2/b71-54+. The molecule has 0 N–H and O–H groups in total. The highest BCUT2D eigenvalue weighted by atomic mass is 32.1. The lowest BCUT2D eigenvalue weighted by molar-refractivity contribution is -0.179. The van der Waals surface area contributed by atoms with Crippen molar-refractivity contribution in [2.75, 3.05) is 0 Å². The molecule has 3 aliphatic carbocycles. The fourth-order valence-corrected chi connectivity index (χ4v) is 13.6. The monoisotopic (exact) mass is 1190 g/mol. The predicted octanol–water partition coefficient (Wildman–Crippen LogP) is 11.1. The van der Waals surface area contributed by atoms with Crippen LogP contribution >= 0.6 is 22.7 Å². The number of benzene rings is 6. The molecule has 0 bridgehead atoms. The first-order valence-electron chi connectivity index (χ1n) is 27.8. The van der Waals surface area contributed by atoms with Crippen LogP contribution < -0.4 is 25.7 Å². The topological polar surface area (TPSA) is 200 Å². The molecule has 0 spiro atoms. The second-order valence-corrected chi connectivity index (χ2v) is 23.3. The van der Waals surface area contributed by atoms with Gasteiger partial charge in [-0.1, -0.05) is 194 Å². The molecule has 7 aromatic carbocycles. The number of carbonyl (C=O) groups excluding carboxylic acids is 5. The summed E-state index contributed by atoms with van der Waals surface area (Å²) in [6.45, 7) is -1.02. The average Bonchev–Trinajstić information content (AvgIpc) is 2.28. The summed E-state index contributed by atoms with van der Waals surface area (Å²) in [4.78, 5) is 113. The van der Waals surface area contributed by atoms with Gasteiger partial charge >= 0.3 is 35.1 Å². The van der Waals surface area contributed by atoms with Crippen molar-refractivity contribution in [2.24, 2.45) is 21.8 Å². The number of rotatable bonds is 14. The number of allylic oxidation sites excluding steroid dienone is 4. The van der Waals surface area contributed by atoms with Crippen LogP contribution in [0.3, 0.4) is 0 Å². The maximum Gasteiger partial charge on any atom is 0.367 e. The van der Waals surface area contributed by atoms with E-state index in [9.17, 15) is 14.4 Å². The van der Waals surface area contributed by atoms with E-state index in [1.165, 1.54) is 17.4 Å². The highest BCUT2D eigenvalue weighted by molar-refractivity contribution is 7.17. The van der Waals surface area contributed by atoms with Crippen molar-refractivity contribution in [1.29, 1.82) is 0 Å². The molecule has 2 atom stereocenters. The molecule has 87 heavy (non-hydrogen) atoms. The van der Waals surface area contributed by atoms with Gasteiger partial charge in [0.25, 0.3) is 0 Å². The summed E-state index contributed by atoms with van der Waals surface area (Å²) in [7, 11) is 0. The molecule has 0 radical (unpaired) electrons. The second-order valence-electron chi connectivity index (χ2n) is 21.2. The Hall–Kier alpha value is -10.5. The Morgan fingerprint density at radius 3 is 1.23 bits per heavy atom. The summed E-state index contributed by atoms with van der Waals surface area (Å²) in [5, 5.41) is 0.549. The van der Waals surface area contributed by atoms with E-state index in [0.29, 0.717) is 53.7 Å². The van der Waals surface area contributed by atoms with Gasteiger partial charge in [-0.15, -0.1) is 22.7 Å². The molecule has 0 fully saturated rings. The van der Waals surface area contributed by atoms with Crippen molar-refractivity contribution in [3.8, 4) is 11.5 Å². The molecule has 2 unspecified atom stereocenters. The van der Waals surface area contributed by atoms with Gasteiger partial charge in [0.2, 0.25) is 16.6 Å². The zero-order valence-electron chi connectivity index (χ0n) is 45.8. The van der Waals surface area contributed by atoms with Crippen LogP contribution in [0, 0.1) is 11.8 Å². The molecule has 9 aromatic rings. The number of hydrogen-bond donors (Lipinski definition) is 0. The number of thiophene rings is 2. The fraction of sp³-hybridized carbons (Fsp3) is 0.129. The third-order valence-electron chi connectivity index (χ3n) is 15.8. The molecule has 426 valence electrons. The lowest BCUT2D eigenvalue weighted by Gasteiger charge is -2.42. The van der Waals surface area contributed by atoms with Crippen molar-refractivity contribution >= 4 is 90.0 Å². The van der Waals surface area contributed by atoms with E-state index in [1.54, 1.807) is 158 Å². The lowest BCUT2D eigenvalue weighted by atomic mass is 9.68. The van der Waals surface area contributed by atoms with Crippen LogP contribution in [0.1, 0.15) is 47.9 Å². The van der Waals surface area contributed by atoms with E-state index in [2.05, 4.69) is 4.99 Å². The summed E-state index contributed by atoms with van der Waals surface area (Å²) < 4.78 is 38.1. The Bertz CT molecular complexity index is 4500. The smallest absolute Gasteiger partial charge is 0.367 e. The quantitative estimate of drug-likeness (QED) is 0.0566. The number of hydrogen-bond acceptors (Lipinski definition) is 17. The van der Waals surface area contributed by atoms with E-state index in [0.717, 1.165) is 16.9 Å². The normalized spacial score (nSPS) is 17.6. The predicted molar refractivity (Wildman–Crippen MR) is 325 cm³/mol. The molecule has 0 saturated carbocycles. The van der Waals surface area contributed by atoms with Crippen molar-refractivity contribution < 1.29 is 52.4 Å². The van der Waals surface area contributed by atoms with Crippen molar-refractivity contribution in [2.45, 2.75) is 44.1 Å². The molecule has 15 nitrogen and oxygen atoms in total. The van der Waals surface area contributed by atoms with Crippen LogP contribution in [0.25, 0.3) is 21.9 Å². The Morgan fingerprint density at radius 2 is 0.828 bits per heavy atom. The Morgan fingerprint density at radius 1 is 0.460 bits per heavy atom. The lowest BCUT2D eigenvalue weighted by Crippen LogP contribution is -2.58. The Labute approximate surface area is 503 Å². The van der Waals surface area contributed by atoms with Gasteiger partial charge in [0.15, 0.2) is 5.36 Å². The summed E-state index contributed by atoms with van der Waals surface area (Å²) in [5.41, 5.74) is -1.54. The third-order valence-corrected chi connectivity index (χ3v) is 17.9. The first-order chi connectivity index (χ1) is 42.4. The third kappa shape index (κ3) is 9.66. The van der Waals surface area contributed by atoms with Gasteiger partial charge < -0.3 is 28.4 Å². The molecule has 17 heteroatoms. The molecule has 2 aromatic heterocycles. The molecular weight excluding hydrogens is 1140 g/mol. The molecule has 2 aliphatic heterocycles. The summed E-state index contributed by atoms with van der Waals surface area (Å²) >= 11 is 2.22. The molecule has 5 aliphatic rings. The van der Waals surface area contributed by atoms with Crippen LogP contribution in [0.15, 0.2) is 237 Å². The van der Waals surface area contributed by atoms with Crippen LogP contribution in [0.5, 0.6) is 11.5 Å². The second kappa shape index (κ2) is 22.2. The molecule has 4 heterocycles. The number of aliphatic imine (C=N–C) groups is 1. The van der Waals surface area contributed by atoms with Crippen molar-refractivity contribution in [3.63, 3.8) is 0 Å². The molecule has 0 saturated heterocycles. The number of ketones is 1. The van der Waals surface area contributed by atoms with Crippen molar-refractivity contribution in [3.05, 3.63) is 286 Å². The van der Waals surface area contributed by atoms with Crippen LogP contribution in [-0.2, 0) is 71.0 Å². The minimum Gasteiger partial charge on any atom is -0.458 e. The summed E-state index contributed by atoms with van der Waals surface area (Å²) in [5.74, 6) is -6.14. The fourth-order valence-electron chi connectivity index (χ4n) is 11.5. The summed E-state index contributed by atoms with van der Waals surface area (Å²) in [6, 6.07) is 52.4. The largest absolute Gasteiger partial charge is 0.458 e. The molecule has 0 amide bonds. The number of fused-ring (bicyclic) bond motifs is 9. The van der Waals surface area contributed by atoms with Crippen molar-refractivity contribution in [1.82, 2.24) is 0 Å². The van der Waals surface area contributed by atoms with Crippen LogP contribution in [0.2, 0.25) is 0 Å². The number of esters is 4. The zero-order chi connectivity index (χ0) is 59.4. The first kappa shape index (κ1) is 54.4. The van der Waals surface area contributed by atoms with E-state index < -0.39 is 57.8 Å². The van der Waals surface area contributed by atoms with E-state index in [1.807, 2.05) is 42.5 Å². The Kier molecular flexibility index (Phi) is 13.9. The highest BCUT2D eigenvalue weighted by Gasteiger charge is 2.63. The van der Waals surface area contributed by atoms with Gasteiger partial charge in [-0.25, -0.2) is 29.2 Å². The molecule has 14 rings (SSSR count). The number of ether oxygens (including phenoxy) is 6. The van der Waals surface area contributed by atoms with Crippen LogP contribution in [0.4, 0.5) is 10.0 Å². The van der Waals surface area contributed by atoms with Gasteiger partial charge in [-0.2, -0.15) is 0 Å². The van der Waals surface area contributed by atoms with Gasteiger partial charge in [0.1, 0.15) is 47.9 Å². The SMILES string of the molecule is O=C1/C(=N/c2cc3c(s2)C2=CC4C=C5C(=CC4C=C2C(C(=O)OCc2ccccc2)(C(=O)OCc2ccccc2)O3)c2sc(N=c3c(=O)c4ccccc4c3=O)cc2OC5(C(=O)OCc2ccccc2)C(=O)OCc2ccccc2)Cc2ccccc21. The van der Waals surface area contributed by atoms with Gasteiger partial charge in [0, 0.05) is 69.0 Å². The zero-order valence-corrected chi connectivity index (χ0v) is 47.5. The summed E-state index contributed by atoms with van der Waals surface area (Å²) in [6.07, 6.45) is 7.32. The van der Waals surface area contributed by atoms with E-state index in [-0.39, 0.29) is 88.1 Å². The minimum absolute atomic E-state index is 0.0184. The maximum absolute atomic E-state index is 15.5. The average molecular weight is 1190 g/mol. The number of carbonyl (C=O) groups is 5. The van der Waals surface area contributed by atoms with Crippen LogP contribution in [-0.4, -0.2) is 46.6 Å². The number of Topliss-reactive ketones (excluding diaryl/α,β-unsaturated/α-hetero) is 1. The van der Waals surface area contributed by atoms with Gasteiger partial charge in [-0.3, -0.25) is 14.4 Å². The highest BCUT2D eigenvalue weighted by Crippen LogP contribution is 2.58. The minimum atomic E-state index is -2.67. The first-order valence-corrected chi connectivity index (χ1v) is 29.5.